The number of hydrogen-bond acceptors (Lipinski definition) is 5. The second kappa shape index (κ2) is 6.92. The van der Waals surface area contributed by atoms with Crippen molar-refractivity contribution in [2.24, 2.45) is 0 Å². The minimum Gasteiger partial charge on any atom is -0.394 e. The molecule has 0 saturated heterocycles. The van der Waals surface area contributed by atoms with Crippen molar-refractivity contribution in [2.45, 2.75) is 44.7 Å². The average molecular weight is 403 g/mol. The van der Waals surface area contributed by atoms with E-state index in [-0.39, 0.29) is 12.6 Å². The highest BCUT2D eigenvalue weighted by Crippen LogP contribution is 2.39. The maximum atomic E-state index is 9.32. The maximum absolute atomic E-state index is 9.32. The molecule has 1 aliphatic carbocycles. The summed E-state index contributed by atoms with van der Waals surface area (Å²) in [6.45, 7) is 3.87. The average Bonchev–Trinajstić information content (AvgIpc) is 3.46. The van der Waals surface area contributed by atoms with Crippen LogP contribution in [0.3, 0.4) is 0 Å². The Balaban J connectivity index is 1.61. The Hall–Kier alpha value is -1.66. The molecule has 1 aliphatic heterocycles. The van der Waals surface area contributed by atoms with E-state index in [1.807, 2.05) is 13.0 Å². The lowest BCUT2D eigenvalue weighted by molar-refractivity contribution is 0.281. The number of fused-ring (bicyclic) bond motifs is 1. The standard InChI is InChI=1S/C19H23BrN4O/c1-12(11-25)21-17-9-18(23-19(22-17)13-2-3-13)24-7-6-14-8-16(20)5-4-15(14)10-24/h4-5,8-9,12-13,25H,2-3,6-7,10-11H2,1H3,(H,21,22,23)/t12-/m1/s1. The van der Waals surface area contributed by atoms with Gasteiger partial charge in [-0.2, -0.15) is 0 Å². The van der Waals surface area contributed by atoms with Crippen molar-refractivity contribution in [3.05, 3.63) is 45.7 Å². The largest absolute Gasteiger partial charge is 0.394 e. The number of anilines is 2. The van der Waals surface area contributed by atoms with Gasteiger partial charge < -0.3 is 15.3 Å². The number of rotatable bonds is 5. The minimum atomic E-state index is -0.0192. The van der Waals surface area contributed by atoms with Gasteiger partial charge in [0, 0.05) is 35.6 Å². The van der Waals surface area contributed by atoms with Gasteiger partial charge in [-0.05, 0) is 49.4 Å². The fourth-order valence-electron chi connectivity index (χ4n) is 3.23. The van der Waals surface area contributed by atoms with Gasteiger partial charge in [-0.15, -0.1) is 0 Å². The van der Waals surface area contributed by atoms with E-state index in [0.717, 1.165) is 41.4 Å². The summed E-state index contributed by atoms with van der Waals surface area (Å²) < 4.78 is 1.14. The van der Waals surface area contributed by atoms with Gasteiger partial charge in [0.15, 0.2) is 0 Å². The van der Waals surface area contributed by atoms with Crippen molar-refractivity contribution in [1.29, 1.82) is 0 Å². The van der Waals surface area contributed by atoms with Gasteiger partial charge in [-0.3, -0.25) is 0 Å². The zero-order valence-corrected chi connectivity index (χ0v) is 16.0. The fraction of sp³-hybridized carbons (Fsp3) is 0.474. The molecule has 0 unspecified atom stereocenters. The molecule has 0 spiro atoms. The Labute approximate surface area is 156 Å². The molecule has 1 aromatic heterocycles. The third kappa shape index (κ3) is 3.80. The van der Waals surface area contributed by atoms with Gasteiger partial charge in [0.2, 0.25) is 0 Å². The van der Waals surface area contributed by atoms with Crippen molar-refractivity contribution < 1.29 is 5.11 Å². The van der Waals surface area contributed by atoms with E-state index >= 15 is 0 Å². The van der Waals surface area contributed by atoms with Crippen molar-refractivity contribution in [3.8, 4) is 0 Å². The summed E-state index contributed by atoms with van der Waals surface area (Å²) in [4.78, 5) is 11.8. The molecule has 1 atom stereocenters. The van der Waals surface area contributed by atoms with Crippen molar-refractivity contribution in [3.63, 3.8) is 0 Å². The topological polar surface area (TPSA) is 61.3 Å². The van der Waals surface area contributed by atoms with Crippen LogP contribution in [0.4, 0.5) is 11.6 Å². The number of halogens is 1. The lowest BCUT2D eigenvalue weighted by Gasteiger charge is -2.30. The Morgan fingerprint density at radius 1 is 1.28 bits per heavy atom. The SMILES string of the molecule is C[C@H](CO)Nc1cc(N2CCc3cc(Br)ccc3C2)nc(C2CC2)n1. The molecule has 1 fully saturated rings. The third-order valence-corrected chi connectivity index (χ3v) is 5.34. The van der Waals surface area contributed by atoms with Crippen molar-refractivity contribution in [1.82, 2.24) is 9.97 Å². The van der Waals surface area contributed by atoms with Gasteiger partial charge in [-0.25, -0.2) is 9.97 Å². The number of hydrogen-bond donors (Lipinski definition) is 2. The number of nitrogens with one attached hydrogen (secondary N) is 1. The fourth-order valence-corrected chi connectivity index (χ4v) is 3.64. The van der Waals surface area contributed by atoms with Crippen LogP contribution < -0.4 is 10.2 Å². The summed E-state index contributed by atoms with van der Waals surface area (Å²) in [7, 11) is 0. The summed E-state index contributed by atoms with van der Waals surface area (Å²) in [6.07, 6.45) is 3.37. The van der Waals surface area contributed by atoms with Gasteiger partial charge in [0.1, 0.15) is 17.5 Å². The van der Waals surface area contributed by atoms with Gasteiger partial charge in [0.05, 0.1) is 6.61 Å². The van der Waals surface area contributed by atoms with Crippen LogP contribution >= 0.6 is 15.9 Å². The number of nitrogens with zero attached hydrogens (tertiary/aromatic N) is 3. The van der Waals surface area contributed by atoms with Gasteiger partial charge in [0.25, 0.3) is 0 Å². The Kier molecular flexibility index (Phi) is 4.65. The summed E-state index contributed by atoms with van der Waals surface area (Å²) in [5.41, 5.74) is 2.77. The quantitative estimate of drug-likeness (QED) is 0.801. The van der Waals surface area contributed by atoms with Gasteiger partial charge >= 0.3 is 0 Å². The highest BCUT2D eigenvalue weighted by Gasteiger charge is 2.28. The van der Waals surface area contributed by atoms with Crippen LogP contribution in [-0.4, -0.2) is 34.3 Å². The zero-order valence-electron chi connectivity index (χ0n) is 14.4. The molecule has 0 radical (unpaired) electrons. The first kappa shape index (κ1) is 16.8. The first-order chi connectivity index (χ1) is 12.1. The normalized spacial score (nSPS) is 18.0. The van der Waals surface area contributed by atoms with E-state index in [1.165, 1.54) is 24.0 Å². The molecule has 2 heterocycles. The van der Waals surface area contributed by atoms with Crippen LogP contribution in [0.15, 0.2) is 28.7 Å². The monoisotopic (exact) mass is 402 g/mol. The van der Waals surface area contributed by atoms with E-state index in [9.17, 15) is 5.11 Å². The molecule has 1 saturated carbocycles. The van der Waals surface area contributed by atoms with Crippen LogP contribution in [0, 0.1) is 0 Å². The third-order valence-electron chi connectivity index (χ3n) is 4.85. The number of aromatic nitrogens is 2. The summed E-state index contributed by atoms with van der Waals surface area (Å²) in [5.74, 6) is 3.23. The molecule has 2 N–H and O–H groups in total. The molecular formula is C19H23BrN4O. The molecule has 25 heavy (non-hydrogen) atoms. The molecule has 0 bridgehead atoms. The molecule has 132 valence electrons. The van der Waals surface area contributed by atoms with E-state index in [2.05, 4.69) is 49.3 Å². The van der Waals surface area contributed by atoms with Gasteiger partial charge in [-0.1, -0.05) is 22.0 Å². The van der Waals surface area contributed by atoms with Crippen LogP contribution in [0.2, 0.25) is 0 Å². The Morgan fingerprint density at radius 3 is 2.88 bits per heavy atom. The van der Waals surface area contributed by atoms with E-state index < -0.39 is 0 Å². The molecule has 2 aliphatic rings. The molecular weight excluding hydrogens is 380 g/mol. The summed E-state index contributed by atoms with van der Waals surface area (Å²) >= 11 is 3.56. The predicted molar refractivity (Wildman–Crippen MR) is 103 cm³/mol. The second-order valence-electron chi connectivity index (χ2n) is 7.06. The number of benzene rings is 1. The highest BCUT2D eigenvalue weighted by atomic mass is 79.9. The highest BCUT2D eigenvalue weighted by molar-refractivity contribution is 9.10. The smallest absolute Gasteiger partial charge is 0.136 e. The summed E-state index contributed by atoms with van der Waals surface area (Å²) in [6, 6.07) is 8.52. The molecule has 1 aromatic carbocycles. The Bertz CT molecular complexity index is 778. The van der Waals surface area contributed by atoms with Crippen molar-refractivity contribution in [2.75, 3.05) is 23.4 Å². The van der Waals surface area contributed by atoms with Crippen LogP contribution in [0.5, 0.6) is 0 Å². The molecule has 0 amide bonds. The lowest BCUT2D eigenvalue weighted by atomic mass is 10.00. The van der Waals surface area contributed by atoms with Crippen LogP contribution in [0.1, 0.15) is 42.6 Å². The van der Waals surface area contributed by atoms with Crippen LogP contribution in [0.25, 0.3) is 0 Å². The minimum absolute atomic E-state index is 0.0192. The lowest BCUT2D eigenvalue weighted by Crippen LogP contribution is -2.31. The molecule has 6 heteroatoms. The van der Waals surface area contributed by atoms with E-state index in [1.54, 1.807) is 0 Å². The number of aliphatic hydroxyl groups is 1. The summed E-state index contributed by atoms with van der Waals surface area (Å²) in [5, 5.41) is 12.6. The Morgan fingerprint density at radius 2 is 2.12 bits per heavy atom. The molecule has 4 rings (SSSR count). The molecule has 5 nitrogen and oxygen atoms in total. The first-order valence-corrected chi connectivity index (χ1v) is 9.70. The predicted octanol–water partition coefficient (Wildman–Crippen LogP) is 3.47. The van der Waals surface area contributed by atoms with Crippen LogP contribution in [-0.2, 0) is 13.0 Å². The first-order valence-electron chi connectivity index (χ1n) is 8.91. The molecule has 2 aromatic rings. The second-order valence-corrected chi connectivity index (χ2v) is 7.97. The number of aliphatic hydroxyl groups excluding tert-OH is 1. The maximum Gasteiger partial charge on any atom is 0.136 e. The zero-order chi connectivity index (χ0) is 17.4. The van der Waals surface area contributed by atoms with E-state index in [4.69, 9.17) is 4.98 Å². The van der Waals surface area contributed by atoms with E-state index in [0.29, 0.717) is 5.92 Å². The van der Waals surface area contributed by atoms with Crippen molar-refractivity contribution >= 4 is 27.6 Å².